The molecule has 3 heterocycles. The maximum Gasteiger partial charge on any atom is 0.251 e. The first-order valence-electron chi connectivity index (χ1n) is 7.73. The quantitative estimate of drug-likeness (QED) is 0.442. The summed E-state index contributed by atoms with van der Waals surface area (Å²) in [6.07, 6.45) is 3.99. The van der Waals surface area contributed by atoms with Gasteiger partial charge in [-0.05, 0) is 23.6 Å². The monoisotopic (exact) mass is 353 g/mol. The Kier molecular flexibility index (Phi) is 3.95. The third-order valence-electron chi connectivity index (χ3n) is 3.82. The highest BCUT2D eigenvalue weighted by Gasteiger charge is 2.14. The Labute approximate surface area is 146 Å². The lowest BCUT2D eigenvalue weighted by Crippen LogP contribution is -2.25. The zero-order valence-electron chi connectivity index (χ0n) is 13.1. The van der Waals surface area contributed by atoms with Gasteiger partial charge in [-0.15, -0.1) is 11.3 Å². The fourth-order valence-corrected chi connectivity index (χ4v) is 3.26. The van der Waals surface area contributed by atoms with E-state index in [0.717, 1.165) is 10.6 Å². The van der Waals surface area contributed by atoms with E-state index in [4.69, 9.17) is 0 Å². The van der Waals surface area contributed by atoms with E-state index < -0.39 is 0 Å². The number of nitrogens with zero attached hydrogens (tertiary/aromatic N) is 2. The number of aromatic hydroxyl groups is 1. The lowest BCUT2D eigenvalue weighted by Gasteiger charge is -2.05. The predicted molar refractivity (Wildman–Crippen MR) is 95.7 cm³/mol. The number of imidazole rings is 2. The summed E-state index contributed by atoms with van der Waals surface area (Å²) >= 11 is 1.55. The molecule has 4 rings (SSSR count). The van der Waals surface area contributed by atoms with Gasteiger partial charge in [-0.3, -0.25) is 4.79 Å². The normalized spacial score (nSPS) is 11.0. The Bertz CT molecular complexity index is 1010. The van der Waals surface area contributed by atoms with E-state index in [1.54, 1.807) is 29.9 Å². The number of amides is 1. The van der Waals surface area contributed by atoms with Gasteiger partial charge in [0.1, 0.15) is 17.1 Å². The fourth-order valence-electron chi connectivity index (χ4n) is 2.59. The Morgan fingerprint density at radius 2 is 2.28 bits per heavy atom. The van der Waals surface area contributed by atoms with Crippen LogP contribution in [0.15, 0.2) is 42.2 Å². The molecule has 0 fully saturated rings. The summed E-state index contributed by atoms with van der Waals surface area (Å²) in [6, 6.07) is 7.02. The van der Waals surface area contributed by atoms with Crippen molar-refractivity contribution in [2.24, 2.45) is 0 Å². The summed E-state index contributed by atoms with van der Waals surface area (Å²) in [5, 5.41) is 15.0. The highest BCUT2D eigenvalue weighted by atomic mass is 32.1. The standard InChI is InChI=1S/C17H15N5O2S/c23-13-7-10(17(24)19-4-3-11-8-18-9-20-11)6-12-15(13)22-16(21-12)14-2-1-5-25-14/h1-2,5-9,23H,3-4H2,(H,18,20)(H,19,24)(H,21,22). The molecule has 4 N–H and O–H groups in total. The predicted octanol–water partition coefficient (Wildman–Crippen LogP) is 2.69. The van der Waals surface area contributed by atoms with Gasteiger partial charge in [0.05, 0.1) is 16.7 Å². The van der Waals surface area contributed by atoms with E-state index in [0.29, 0.717) is 35.4 Å². The number of carbonyl (C=O) groups is 1. The molecule has 0 saturated carbocycles. The van der Waals surface area contributed by atoms with E-state index in [1.165, 1.54) is 6.07 Å². The lowest BCUT2D eigenvalue weighted by atomic mass is 10.1. The van der Waals surface area contributed by atoms with Crippen LogP contribution >= 0.6 is 11.3 Å². The maximum atomic E-state index is 12.3. The second kappa shape index (κ2) is 6.40. The van der Waals surface area contributed by atoms with E-state index in [-0.39, 0.29) is 11.7 Å². The lowest BCUT2D eigenvalue weighted by molar-refractivity contribution is 0.0954. The number of phenolic OH excluding ortho intramolecular Hbond substituents is 1. The van der Waals surface area contributed by atoms with E-state index in [1.807, 2.05) is 17.5 Å². The van der Waals surface area contributed by atoms with Gasteiger partial charge < -0.3 is 20.4 Å². The molecule has 0 atom stereocenters. The largest absolute Gasteiger partial charge is 0.506 e. The van der Waals surface area contributed by atoms with Crippen LogP contribution in [0.2, 0.25) is 0 Å². The summed E-state index contributed by atoms with van der Waals surface area (Å²) in [6.45, 7) is 0.475. The van der Waals surface area contributed by atoms with Crippen molar-refractivity contribution >= 4 is 28.3 Å². The van der Waals surface area contributed by atoms with Crippen LogP contribution in [0.25, 0.3) is 21.7 Å². The first-order chi connectivity index (χ1) is 12.2. The molecule has 1 aromatic carbocycles. The van der Waals surface area contributed by atoms with E-state index >= 15 is 0 Å². The fraction of sp³-hybridized carbons (Fsp3) is 0.118. The molecule has 8 heteroatoms. The molecule has 0 aliphatic carbocycles. The zero-order chi connectivity index (χ0) is 17.2. The van der Waals surface area contributed by atoms with Crippen molar-refractivity contribution in [3.63, 3.8) is 0 Å². The highest BCUT2D eigenvalue weighted by Crippen LogP contribution is 2.29. The van der Waals surface area contributed by atoms with E-state index in [2.05, 4.69) is 25.3 Å². The van der Waals surface area contributed by atoms with Crippen molar-refractivity contribution < 1.29 is 9.90 Å². The highest BCUT2D eigenvalue weighted by molar-refractivity contribution is 7.13. The average molecular weight is 353 g/mol. The Morgan fingerprint density at radius 1 is 1.36 bits per heavy atom. The zero-order valence-corrected chi connectivity index (χ0v) is 13.9. The molecular formula is C17H15N5O2S. The molecule has 4 aromatic rings. The number of hydrogen-bond acceptors (Lipinski definition) is 5. The number of H-pyrrole nitrogens is 2. The summed E-state index contributed by atoms with van der Waals surface area (Å²) < 4.78 is 0. The molecule has 0 aliphatic heterocycles. The Hall–Kier alpha value is -3.13. The van der Waals surface area contributed by atoms with Gasteiger partial charge in [-0.1, -0.05) is 6.07 Å². The number of nitrogens with one attached hydrogen (secondary N) is 3. The maximum absolute atomic E-state index is 12.3. The number of rotatable bonds is 5. The van der Waals surface area contributed by atoms with Crippen molar-refractivity contribution in [2.45, 2.75) is 6.42 Å². The van der Waals surface area contributed by atoms with Crippen molar-refractivity contribution in [1.82, 2.24) is 25.3 Å². The molecule has 0 aliphatic rings. The van der Waals surface area contributed by atoms with Crippen molar-refractivity contribution in [3.8, 4) is 16.5 Å². The van der Waals surface area contributed by atoms with Crippen molar-refractivity contribution in [1.29, 1.82) is 0 Å². The molecule has 0 unspecified atom stereocenters. The van der Waals surface area contributed by atoms with Gasteiger partial charge in [-0.25, -0.2) is 9.97 Å². The molecule has 0 radical (unpaired) electrons. The molecule has 25 heavy (non-hydrogen) atoms. The minimum absolute atomic E-state index is 0.0183. The van der Waals surface area contributed by atoms with Crippen LogP contribution in [0.5, 0.6) is 5.75 Å². The molecule has 3 aromatic heterocycles. The summed E-state index contributed by atoms with van der Waals surface area (Å²) in [4.78, 5) is 27.8. The molecular weight excluding hydrogens is 338 g/mol. The molecule has 7 nitrogen and oxygen atoms in total. The molecule has 0 bridgehead atoms. The summed E-state index contributed by atoms with van der Waals surface area (Å²) in [5.74, 6) is 0.413. The number of benzene rings is 1. The van der Waals surface area contributed by atoms with E-state index in [9.17, 15) is 9.90 Å². The third-order valence-corrected chi connectivity index (χ3v) is 4.69. The van der Waals surface area contributed by atoms with Crippen LogP contribution < -0.4 is 5.32 Å². The minimum atomic E-state index is -0.246. The van der Waals surface area contributed by atoms with Crippen LogP contribution in [-0.2, 0) is 6.42 Å². The van der Waals surface area contributed by atoms with Gasteiger partial charge in [0.15, 0.2) is 0 Å². The summed E-state index contributed by atoms with van der Waals surface area (Å²) in [7, 11) is 0. The number of phenols is 1. The van der Waals surface area contributed by atoms with Gasteiger partial charge >= 0.3 is 0 Å². The third kappa shape index (κ3) is 3.11. The summed E-state index contributed by atoms with van der Waals surface area (Å²) in [5.41, 5.74) is 2.42. The van der Waals surface area contributed by atoms with Crippen LogP contribution in [0, 0.1) is 0 Å². The molecule has 0 spiro atoms. The van der Waals surface area contributed by atoms with Gasteiger partial charge in [0.25, 0.3) is 5.91 Å². The number of carbonyl (C=O) groups excluding carboxylic acids is 1. The second-order valence-corrected chi connectivity index (χ2v) is 6.48. The number of thiophene rings is 1. The van der Waals surface area contributed by atoms with Gasteiger partial charge in [0, 0.05) is 30.4 Å². The molecule has 0 saturated heterocycles. The average Bonchev–Trinajstić information content (AvgIpc) is 3.35. The molecule has 126 valence electrons. The Morgan fingerprint density at radius 3 is 3.04 bits per heavy atom. The first kappa shape index (κ1) is 15.4. The van der Waals surface area contributed by atoms with Crippen LogP contribution in [0.3, 0.4) is 0 Å². The number of fused-ring (bicyclic) bond motifs is 1. The SMILES string of the molecule is O=C(NCCc1cnc[nH]1)c1cc(O)c2nc(-c3cccs3)[nH]c2c1. The van der Waals surface area contributed by atoms with Crippen LogP contribution in [0.1, 0.15) is 16.1 Å². The number of aromatic nitrogens is 4. The topological polar surface area (TPSA) is 107 Å². The smallest absolute Gasteiger partial charge is 0.251 e. The van der Waals surface area contributed by atoms with Crippen LogP contribution in [-0.4, -0.2) is 37.5 Å². The van der Waals surface area contributed by atoms with Crippen molar-refractivity contribution in [3.05, 3.63) is 53.4 Å². The number of hydrogen-bond donors (Lipinski definition) is 4. The second-order valence-electron chi connectivity index (χ2n) is 5.54. The van der Waals surface area contributed by atoms with Gasteiger partial charge in [0.2, 0.25) is 0 Å². The first-order valence-corrected chi connectivity index (χ1v) is 8.61. The van der Waals surface area contributed by atoms with Crippen LogP contribution in [0.4, 0.5) is 0 Å². The minimum Gasteiger partial charge on any atom is -0.506 e. The molecule has 1 amide bonds. The number of aromatic amines is 2. The van der Waals surface area contributed by atoms with Crippen molar-refractivity contribution in [2.75, 3.05) is 6.54 Å². The Balaban J connectivity index is 1.54. The van der Waals surface area contributed by atoms with Gasteiger partial charge in [-0.2, -0.15) is 0 Å².